The molecular formula is C13H22N2O. The van der Waals surface area contributed by atoms with Gasteiger partial charge < -0.3 is 10.2 Å². The fourth-order valence-corrected chi connectivity index (χ4v) is 3.14. The summed E-state index contributed by atoms with van der Waals surface area (Å²) in [5.74, 6) is 1.36. The van der Waals surface area contributed by atoms with E-state index in [1.54, 1.807) is 4.90 Å². The Hall–Kier alpha value is -0.830. The molecule has 0 spiro atoms. The second kappa shape index (κ2) is 3.88. The minimum absolute atomic E-state index is 0.189. The van der Waals surface area contributed by atoms with Crippen LogP contribution >= 0.6 is 0 Å². The van der Waals surface area contributed by atoms with Crippen LogP contribution in [-0.2, 0) is 4.79 Å². The molecule has 0 aromatic heterocycles. The molecule has 16 heavy (non-hydrogen) atoms. The first-order valence-corrected chi connectivity index (χ1v) is 6.10. The highest BCUT2D eigenvalue weighted by Crippen LogP contribution is 2.49. The van der Waals surface area contributed by atoms with Crippen LogP contribution in [0.4, 0.5) is 0 Å². The van der Waals surface area contributed by atoms with Crippen LogP contribution in [0.1, 0.15) is 20.3 Å². The molecule has 1 N–H and O–H groups in total. The Kier molecular flexibility index (Phi) is 2.82. The number of carbonyl (C=O) groups is 1. The van der Waals surface area contributed by atoms with E-state index in [2.05, 4.69) is 25.2 Å². The lowest BCUT2D eigenvalue weighted by Crippen LogP contribution is -2.33. The second-order valence-corrected chi connectivity index (χ2v) is 5.69. The number of hydrogen-bond donors (Lipinski definition) is 1. The number of fused-ring (bicyclic) bond motifs is 1. The SMILES string of the molecule is CC(C)C12CNCC1C=C(C(=O)N(C)C)C2. The number of carbonyl (C=O) groups excluding carboxylic acids is 1. The van der Waals surface area contributed by atoms with Gasteiger partial charge in [-0.3, -0.25) is 4.79 Å². The quantitative estimate of drug-likeness (QED) is 0.763. The summed E-state index contributed by atoms with van der Waals surface area (Å²) in [6, 6.07) is 0. The summed E-state index contributed by atoms with van der Waals surface area (Å²) in [6.45, 7) is 6.63. The zero-order valence-corrected chi connectivity index (χ0v) is 10.7. The number of amides is 1. The number of nitrogens with zero attached hydrogens (tertiary/aromatic N) is 1. The van der Waals surface area contributed by atoms with Gasteiger partial charge in [0.1, 0.15) is 0 Å². The van der Waals surface area contributed by atoms with Crippen molar-refractivity contribution in [2.45, 2.75) is 20.3 Å². The van der Waals surface area contributed by atoms with Crippen molar-refractivity contribution in [3.05, 3.63) is 11.6 Å². The van der Waals surface area contributed by atoms with Crippen LogP contribution in [0.3, 0.4) is 0 Å². The first kappa shape index (κ1) is 11.6. The molecule has 0 radical (unpaired) electrons. The van der Waals surface area contributed by atoms with Crippen molar-refractivity contribution in [2.24, 2.45) is 17.3 Å². The molecule has 0 aromatic rings. The molecule has 2 rings (SSSR count). The molecule has 1 aliphatic heterocycles. The van der Waals surface area contributed by atoms with E-state index in [-0.39, 0.29) is 5.91 Å². The van der Waals surface area contributed by atoms with Crippen molar-refractivity contribution in [3.8, 4) is 0 Å². The third-order valence-electron chi connectivity index (χ3n) is 4.31. The molecule has 0 bridgehead atoms. The lowest BCUT2D eigenvalue weighted by molar-refractivity contribution is -0.125. The maximum atomic E-state index is 12.0. The fourth-order valence-electron chi connectivity index (χ4n) is 3.14. The highest BCUT2D eigenvalue weighted by atomic mass is 16.2. The largest absolute Gasteiger partial charge is 0.345 e. The monoisotopic (exact) mass is 222 g/mol. The molecule has 1 amide bonds. The van der Waals surface area contributed by atoms with Gasteiger partial charge in [0.15, 0.2) is 0 Å². The lowest BCUT2D eigenvalue weighted by atomic mass is 9.70. The maximum Gasteiger partial charge on any atom is 0.248 e. The number of rotatable bonds is 2. The highest BCUT2D eigenvalue weighted by molar-refractivity contribution is 5.93. The minimum Gasteiger partial charge on any atom is -0.345 e. The van der Waals surface area contributed by atoms with Crippen LogP contribution < -0.4 is 5.32 Å². The first-order valence-electron chi connectivity index (χ1n) is 6.10. The molecular weight excluding hydrogens is 200 g/mol. The lowest BCUT2D eigenvalue weighted by Gasteiger charge is -2.33. The van der Waals surface area contributed by atoms with Gasteiger partial charge in [-0.1, -0.05) is 19.9 Å². The summed E-state index contributed by atoms with van der Waals surface area (Å²) >= 11 is 0. The normalized spacial score (nSPS) is 32.8. The predicted molar refractivity (Wildman–Crippen MR) is 65.0 cm³/mol. The molecule has 3 heteroatoms. The summed E-state index contributed by atoms with van der Waals surface area (Å²) < 4.78 is 0. The summed E-state index contributed by atoms with van der Waals surface area (Å²) in [4.78, 5) is 13.7. The van der Waals surface area contributed by atoms with Crippen molar-refractivity contribution >= 4 is 5.91 Å². The van der Waals surface area contributed by atoms with Crippen LogP contribution in [0.5, 0.6) is 0 Å². The van der Waals surface area contributed by atoms with Crippen LogP contribution in [0.2, 0.25) is 0 Å². The number of hydrogen-bond acceptors (Lipinski definition) is 2. The predicted octanol–water partition coefficient (Wildman–Crippen LogP) is 1.27. The third kappa shape index (κ3) is 1.58. The van der Waals surface area contributed by atoms with E-state index >= 15 is 0 Å². The molecule has 1 heterocycles. The Morgan fingerprint density at radius 2 is 2.25 bits per heavy atom. The van der Waals surface area contributed by atoms with Gasteiger partial charge in [0.2, 0.25) is 5.91 Å². The van der Waals surface area contributed by atoms with Crippen molar-refractivity contribution in [1.82, 2.24) is 10.2 Å². The molecule has 3 nitrogen and oxygen atoms in total. The molecule has 2 atom stereocenters. The fraction of sp³-hybridized carbons (Fsp3) is 0.769. The Balaban J connectivity index is 2.21. The molecule has 90 valence electrons. The van der Waals surface area contributed by atoms with Crippen LogP contribution in [0.15, 0.2) is 11.6 Å². The van der Waals surface area contributed by atoms with Crippen molar-refractivity contribution in [2.75, 3.05) is 27.2 Å². The van der Waals surface area contributed by atoms with E-state index in [0.717, 1.165) is 25.1 Å². The van der Waals surface area contributed by atoms with E-state index in [4.69, 9.17) is 0 Å². The summed E-state index contributed by atoms with van der Waals surface area (Å²) in [6.07, 6.45) is 3.15. The summed E-state index contributed by atoms with van der Waals surface area (Å²) in [5, 5.41) is 3.47. The molecule has 1 fully saturated rings. The van der Waals surface area contributed by atoms with E-state index in [9.17, 15) is 4.79 Å². The van der Waals surface area contributed by atoms with Crippen LogP contribution in [0.25, 0.3) is 0 Å². The van der Waals surface area contributed by atoms with E-state index in [1.807, 2.05) is 14.1 Å². The van der Waals surface area contributed by atoms with Gasteiger partial charge in [-0.15, -0.1) is 0 Å². The Morgan fingerprint density at radius 3 is 2.75 bits per heavy atom. The standard InChI is InChI=1S/C13H22N2O/c1-9(2)13-6-10(12(16)15(3)4)5-11(13)7-14-8-13/h5,9,11,14H,6-8H2,1-4H3. The first-order chi connectivity index (χ1) is 7.47. The molecule has 0 aromatic carbocycles. The van der Waals surface area contributed by atoms with Gasteiger partial charge in [0.05, 0.1) is 0 Å². The smallest absolute Gasteiger partial charge is 0.248 e. The van der Waals surface area contributed by atoms with Gasteiger partial charge in [0, 0.05) is 32.8 Å². The van der Waals surface area contributed by atoms with Crippen LogP contribution in [-0.4, -0.2) is 38.0 Å². The topological polar surface area (TPSA) is 32.3 Å². The average Bonchev–Trinajstić information content (AvgIpc) is 2.72. The third-order valence-corrected chi connectivity index (χ3v) is 4.31. The molecule has 0 saturated carbocycles. The second-order valence-electron chi connectivity index (χ2n) is 5.69. The van der Waals surface area contributed by atoms with Crippen LogP contribution in [0, 0.1) is 17.3 Å². The Bertz CT molecular complexity index is 333. The van der Waals surface area contributed by atoms with Gasteiger partial charge >= 0.3 is 0 Å². The molecule has 2 unspecified atom stereocenters. The highest BCUT2D eigenvalue weighted by Gasteiger charge is 2.49. The van der Waals surface area contributed by atoms with E-state index in [1.165, 1.54) is 0 Å². The minimum atomic E-state index is 0.189. The average molecular weight is 222 g/mol. The van der Waals surface area contributed by atoms with E-state index < -0.39 is 0 Å². The zero-order valence-electron chi connectivity index (χ0n) is 10.7. The van der Waals surface area contributed by atoms with Crippen molar-refractivity contribution in [3.63, 3.8) is 0 Å². The van der Waals surface area contributed by atoms with Crippen molar-refractivity contribution < 1.29 is 4.79 Å². The molecule has 1 aliphatic carbocycles. The summed E-state index contributed by atoms with van der Waals surface area (Å²) in [7, 11) is 3.66. The van der Waals surface area contributed by atoms with E-state index in [0.29, 0.717) is 17.3 Å². The van der Waals surface area contributed by atoms with Gasteiger partial charge in [-0.2, -0.15) is 0 Å². The Labute approximate surface area is 97.9 Å². The summed E-state index contributed by atoms with van der Waals surface area (Å²) in [5.41, 5.74) is 1.31. The number of nitrogens with one attached hydrogen (secondary N) is 1. The van der Waals surface area contributed by atoms with Gasteiger partial charge in [0.25, 0.3) is 0 Å². The molecule has 2 aliphatic rings. The van der Waals surface area contributed by atoms with Gasteiger partial charge in [-0.05, 0) is 23.7 Å². The molecule has 1 saturated heterocycles. The van der Waals surface area contributed by atoms with Gasteiger partial charge in [-0.25, -0.2) is 0 Å². The maximum absolute atomic E-state index is 12.0. The number of likely N-dealkylation sites (N-methyl/N-ethyl adjacent to an activating group) is 1. The Morgan fingerprint density at radius 1 is 1.56 bits per heavy atom. The zero-order chi connectivity index (χ0) is 11.9. The van der Waals surface area contributed by atoms with Crippen molar-refractivity contribution in [1.29, 1.82) is 0 Å².